The Morgan fingerprint density at radius 1 is 1.25 bits per heavy atom. The van der Waals surface area contributed by atoms with E-state index in [2.05, 4.69) is 29.5 Å². The fraction of sp³-hybridized carbons (Fsp3) is 0.923. The van der Waals surface area contributed by atoms with Gasteiger partial charge in [-0.25, -0.2) is 0 Å². The fourth-order valence-electron chi connectivity index (χ4n) is 1.84. The van der Waals surface area contributed by atoms with Crippen molar-refractivity contribution in [2.45, 2.75) is 46.0 Å². The smallest absolute Gasteiger partial charge is 0.190 e. The molecule has 0 aromatic carbocycles. The quantitative estimate of drug-likeness (QED) is 0.515. The summed E-state index contributed by atoms with van der Waals surface area (Å²) in [5.41, 5.74) is 0. The molecule has 0 spiro atoms. The molecule has 3 nitrogen and oxygen atoms in total. The van der Waals surface area contributed by atoms with Crippen LogP contribution in [-0.2, 0) is 0 Å². The van der Waals surface area contributed by atoms with Crippen LogP contribution in [0.15, 0.2) is 4.99 Å². The molecule has 0 bridgehead atoms. The van der Waals surface area contributed by atoms with Crippen molar-refractivity contribution in [2.24, 2.45) is 16.8 Å². The number of aliphatic imine (C=N–C) groups is 1. The van der Waals surface area contributed by atoms with Gasteiger partial charge >= 0.3 is 0 Å². The SMILES string of the molecule is CCC(CC)CNC(=NC)NCCC1CC1. The van der Waals surface area contributed by atoms with Gasteiger partial charge in [0, 0.05) is 20.1 Å². The molecule has 2 N–H and O–H groups in total. The normalized spacial score (nSPS) is 16.6. The average Bonchev–Trinajstić information content (AvgIpc) is 3.12. The maximum Gasteiger partial charge on any atom is 0.190 e. The second-order valence-electron chi connectivity index (χ2n) is 4.79. The Bertz CT molecular complexity index is 205. The molecule has 0 aromatic rings. The van der Waals surface area contributed by atoms with Crippen LogP contribution in [0.25, 0.3) is 0 Å². The molecule has 0 aliphatic heterocycles. The van der Waals surface area contributed by atoms with E-state index in [1.54, 1.807) is 0 Å². The zero-order valence-corrected chi connectivity index (χ0v) is 11.1. The first-order chi connectivity index (χ1) is 7.80. The summed E-state index contributed by atoms with van der Waals surface area (Å²) >= 11 is 0. The summed E-state index contributed by atoms with van der Waals surface area (Å²) < 4.78 is 0. The molecule has 16 heavy (non-hydrogen) atoms. The number of hydrogen-bond donors (Lipinski definition) is 2. The van der Waals surface area contributed by atoms with E-state index in [0.29, 0.717) is 0 Å². The van der Waals surface area contributed by atoms with Crippen molar-refractivity contribution < 1.29 is 0 Å². The third-order valence-electron chi connectivity index (χ3n) is 3.48. The van der Waals surface area contributed by atoms with Crippen LogP contribution in [0.5, 0.6) is 0 Å². The van der Waals surface area contributed by atoms with E-state index < -0.39 is 0 Å². The van der Waals surface area contributed by atoms with Crippen molar-refractivity contribution >= 4 is 5.96 Å². The van der Waals surface area contributed by atoms with Gasteiger partial charge in [0.2, 0.25) is 0 Å². The second kappa shape index (κ2) is 7.53. The minimum atomic E-state index is 0.766. The number of rotatable bonds is 7. The predicted molar refractivity (Wildman–Crippen MR) is 70.8 cm³/mol. The van der Waals surface area contributed by atoms with Crippen LogP contribution >= 0.6 is 0 Å². The summed E-state index contributed by atoms with van der Waals surface area (Å²) in [5.74, 6) is 2.72. The molecule has 1 saturated carbocycles. The first-order valence-electron chi connectivity index (χ1n) is 6.74. The summed E-state index contributed by atoms with van der Waals surface area (Å²) in [7, 11) is 1.85. The summed E-state index contributed by atoms with van der Waals surface area (Å²) in [5, 5.41) is 6.79. The Hall–Kier alpha value is -0.730. The van der Waals surface area contributed by atoms with Crippen LogP contribution in [-0.4, -0.2) is 26.1 Å². The first-order valence-corrected chi connectivity index (χ1v) is 6.74. The summed E-state index contributed by atoms with van der Waals surface area (Å²) in [6.07, 6.45) is 6.64. The second-order valence-corrected chi connectivity index (χ2v) is 4.79. The number of nitrogens with one attached hydrogen (secondary N) is 2. The molecular formula is C13H27N3. The fourth-order valence-corrected chi connectivity index (χ4v) is 1.84. The monoisotopic (exact) mass is 225 g/mol. The molecule has 1 fully saturated rings. The molecule has 94 valence electrons. The van der Waals surface area contributed by atoms with E-state index in [1.807, 2.05) is 7.05 Å². The van der Waals surface area contributed by atoms with Crippen LogP contribution < -0.4 is 10.6 Å². The lowest BCUT2D eigenvalue weighted by molar-refractivity contribution is 0.481. The highest BCUT2D eigenvalue weighted by Crippen LogP contribution is 2.31. The lowest BCUT2D eigenvalue weighted by Gasteiger charge is -2.16. The highest BCUT2D eigenvalue weighted by Gasteiger charge is 2.20. The molecule has 0 atom stereocenters. The van der Waals surface area contributed by atoms with Gasteiger partial charge in [0.05, 0.1) is 0 Å². The minimum Gasteiger partial charge on any atom is -0.356 e. The van der Waals surface area contributed by atoms with Crippen LogP contribution in [0.4, 0.5) is 0 Å². The van der Waals surface area contributed by atoms with Crippen molar-refractivity contribution in [3.05, 3.63) is 0 Å². The van der Waals surface area contributed by atoms with Gasteiger partial charge in [-0.3, -0.25) is 4.99 Å². The Balaban J connectivity index is 2.10. The van der Waals surface area contributed by atoms with Gasteiger partial charge in [0.15, 0.2) is 5.96 Å². The molecule has 1 aliphatic carbocycles. The zero-order valence-electron chi connectivity index (χ0n) is 11.1. The van der Waals surface area contributed by atoms with Gasteiger partial charge in [-0.2, -0.15) is 0 Å². The van der Waals surface area contributed by atoms with Gasteiger partial charge in [-0.15, -0.1) is 0 Å². The number of guanidine groups is 1. The lowest BCUT2D eigenvalue weighted by atomic mass is 10.0. The van der Waals surface area contributed by atoms with Crippen LogP contribution in [0, 0.1) is 11.8 Å². The number of nitrogens with zero attached hydrogens (tertiary/aromatic N) is 1. The van der Waals surface area contributed by atoms with E-state index in [0.717, 1.165) is 30.9 Å². The number of hydrogen-bond acceptors (Lipinski definition) is 1. The van der Waals surface area contributed by atoms with Crippen molar-refractivity contribution in [3.8, 4) is 0 Å². The topological polar surface area (TPSA) is 36.4 Å². The van der Waals surface area contributed by atoms with Crippen LogP contribution in [0.1, 0.15) is 46.0 Å². The van der Waals surface area contributed by atoms with Crippen LogP contribution in [0.3, 0.4) is 0 Å². The Morgan fingerprint density at radius 3 is 2.44 bits per heavy atom. The van der Waals surface area contributed by atoms with Crippen molar-refractivity contribution in [1.29, 1.82) is 0 Å². The largest absolute Gasteiger partial charge is 0.356 e. The molecular weight excluding hydrogens is 198 g/mol. The molecule has 3 heteroatoms. The molecule has 0 saturated heterocycles. The van der Waals surface area contributed by atoms with E-state index >= 15 is 0 Å². The predicted octanol–water partition coefficient (Wildman–Crippen LogP) is 2.39. The van der Waals surface area contributed by atoms with Crippen molar-refractivity contribution in [1.82, 2.24) is 10.6 Å². The van der Waals surface area contributed by atoms with Gasteiger partial charge in [0.25, 0.3) is 0 Å². The van der Waals surface area contributed by atoms with Gasteiger partial charge in [-0.05, 0) is 18.3 Å². The van der Waals surface area contributed by atoms with Gasteiger partial charge < -0.3 is 10.6 Å². The summed E-state index contributed by atoms with van der Waals surface area (Å²) in [6.45, 7) is 6.60. The highest BCUT2D eigenvalue weighted by atomic mass is 15.2. The molecule has 0 unspecified atom stereocenters. The maximum atomic E-state index is 4.24. The molecule has 0 radical (unpaired) electrons. The lowest BCUT2D eigenvalue weighted by Crippen LogP contribution is -2.40. The van der Waals surface area contributed by atoms with E-state index in [4.69, 9.17) is 0 Å². The third-order valence-corrected chi connectivity index (χ3v) is 3.48. The minimum absolute atomic E-state index is 0.766. The van der Waals surface area contributed by atoms with Crippen LogP contribution in [0.2, 0.25) is 0 Å². The Labute approximate surface area is 100 Å². The van der Waals surface area contributed by atoms with Gasteiger partial charge in [0.1, 0.15) is 0 Å². The molecule has 1 aliphatic rings. The first kappa shape index (κ1) is 13.3. The molecule has 1 rings (SSSR count). The average molecular weight is 225 g/mol. The van der Waals surface area contributed by atoms with Crippen molar-refractivity contribution in [2.75, 3.05) is 20.1 Å². The standard InChI is InChI=1S/C13H27N3/c1-4-11(5-2)10-16-13(14-3)15-9-8-12-6-7-12/h11-12H,4-10H2,1-3H3,(H2,14,15,16). The maximum absolute atomic E-state index is 4.24. The Kier molecular flexibility index (Phi) is 6.27. The van der Waals surface area contributed by atoms with E-state index in [9.17, 15) is 0 Å². The van der Waals surface area contributed by atoms with Crippen molar-refractivity contribution in [3.63, 3.8) is 0 Å². The molecule has 0 aromatic heterocycles. The molecule has 0 heterocycles. The molecule has 0 amide bonds. The summed E-state index contributed by atoms with van der Waals surface area (Å²) in [6, 6.07) is 0. The Morgan fingerprint density at radius 2 is 1.94 bits per heavy atom. The van der Waals surface area contributed by atoms with E-state index in [1.165, 1.54) is 32.1 Å². The van der Waals surface area contributed by atoms with E-state index in [-0.39, 0.29) is 0 Å². The summed E-state index contributed by atoms with van der Waals surface area (Å²) in [4.78, 5) is 4.24. The third kappa shape index (κ3) is 5.38. The highest BCUT2D eigenvalue weighted by molar-refractivity contribution is 5.79. The zero-order chi connectivity index (χ0) is 11.8. The van der Waals surface area contributed by atoms with Gasteiger partial charge in [-0.1, -0.05) is 39.5 Å².